The minimum absolute atomic E-state index is 0.354. The number of amides is 2. The molecular formula is C18H11Cl2N3O2S2. The van der Waals surface area contributed by atoms with Crippen molar-refractivity contribution in [2.24, 2.45) is 0 Å². The van der Waals surface area contributed by atoms with Gasteiger partial charge in [0.1, 0.15) is 0 Å². The van der Waals surface area contributed by atoms with Crippen molar-refractivity contribution in [3.8, 4) is 5.69 Å². The zero-order chi connectivity index (χ0) is 19.1. The summed E-state index contributed by atoms with van der Waals surface area (Å²) in [6.45, 7) is 0. The van der Waals surface area contributed by atoms with Gasteiger partial charge in [-0.1, -0.05) is 47.1 Å². The molecule has 27 heavy (non-hydrogen) atoms. The molecule has 1 saturated heterocycles. The van der Waals surface area contributed by atoms with Crippen LogP contribution in [0.25, 0.3) is 22.8 Å². The van der Waals surface area contributed by atoms with Crippen LogP contribution in [-0.4, -0.2) is 27.0 Å². The quantitative estimate of drug-likeness (QED) is 0.441. The Labute approximate surface area is 173 Å². The summed E-state index contributed by atoms with van der Waals surface area (Å²) in [6.07, 6.45) is 3.64. The van der Waals surface area contributed by atoms with E-state index in [1.807, 2.05) is 35.1 Å². The van der Waals surface area contributed by atoms with Crippen LogP contribution in [0.15, 0.2) is 46.5 Å². The summed E-state index contributed by atoms with van der Waals surface area (Å²) in [4.78, 5) is 27.9. The number of rotatable bonds is 3. The summed E-state index contributed by atoms with van der Waals surface area (Å²) in [5.74, 6) is -0.370. The number of imidazole rings is 1. The highest BCUT2D eigenvalue weighted by Gasteiger charge is 2.24. The van der Waals surface area contributed by atoms with Crippen LogP contribution in [0.4, 0.5) is 4.79 Å². The first-order valence-corrected chi connectivity index (χ1v) is 10.5. The molecule has 2 aromatic carbocycles. The maximum Gasteiger partial charge on any atom is 0.290 e. The van der Waals surface area contributed by atoms with Gasteiger partial charge in [0.25, 0.3) is 11.1 Å². The number of imide groups is 1. The molecule has 0 bridgehead atoms. The minimum atomic E-state index is -0.370. The van der Waals surface area contributed by atoms with Crippen molar-refractivity contribution in [1.29, 1.82) is 0 Å². The number of thioether (sulfide) groups is 2. The van der Waals surface area contributed by atoms with Gasteiger partial charge in [-0.25, -0.2) is 4.98 Å². The summed E-state index contributed by atoms with van der Waals surface area (Å²) in [6, 6.07) is 11.2. The van der Waals surface area contributed by atoms with Gasteiger partial charge in [0.2, 0.25) is 0 Å². The molecule has 9 heteroatoms. The van der Waals surface area contributed by atoms with Crippen LogP contribution in [0.3, 0.4) is 0 Å². The SMILES string of the molecule is CSc1nc2cc(Cl)c(Cl)cc2n1-c1ccc(/C=C2\SC(=O)NC2=O)cc1. The number of hydrogen-bond donors (Lipinski definition) is 1. The first kappa shape index (κ1) is 18.4. The smallest absolute Gasteiger partial charge is 0.287 e. The Kier molecular flexibility index (Phi) is 4.94. The zero-order valence-corrected chi connectivity index (χ0v) is 17.0. The van der Waals surface area contributed by atoms with Crippen molar-refractivity contribution in [2.45, 2.75) is 5.16 Å². The van der Waals surface area contributed by atoms with Crippen LogP contribution in [0.1, 0.15) is 5.56 Å². The minimum Gasteiger partial charge on any atom is -0.287 e. The second-order valence-corrected chi connectivity index (χ2v) is 8.24. The average molecular weight is 436 g/mol. The topological polar surface area (TPSA) is 64.0 Å². The van der Waals surface area contributed by atoms with Crippen molar-refractivity contribution >= 4 is 75.0 Å². The van der Waals surface area contributed by atoms with Gasteiger partial charge in [-0.3, -0.25) is 19.5 Å². The van der Waals surface area contributed by atoms with Gasteiger partial charge < -0.3 is 0 Å². The fraction of sp³-hybridized carbons (Fsp3) is 0.0556. The molecule has 4 rings (SSSR count). The molecular weight excluding hydrogens is 425 g/mol. The molecule has 0 unspecified atom stereocenters. The van der Waals surface area contributed by atoms with E-state index < -0.39 is 0 Å². The standard InChI is InChI=1S/C18H11Cl2N3O2S2/c1-26-17-21-13-7-11(19)12(20)8-14(13)23(17)10-4-2-9(3-5-10)6-15-16(24)22-18(25)27-15/h2-8H,1H3,(H,22,24,25)/b15-6-. The highest BCUT2D eigenvalue weighted by Crippen LogP contribution is 2.33. The van der Waals surface area contributed by atoms with Crippen molar-refractivity contribution in [2.75, 3.05) is 6.26 Å². The number of benzene rings is 2. The van der Waals surface area contributed by atoms with E-state index in [0.717, 1.165) is 39.2 Å². The molecule has 1 fully saturated rings. The first-order chi connectivity index (χ1) is 13.0. The van der Waals surface area contributed by atoms with Crippen LogP contribution in [0.5, 0.6) is 0 Å². The number of nitrogens with zero attached hydrogens (tertiary/aromatic N) is 2. The van der Waals surface area contributed by atoms with Crippen molar-refractivity contribution in [1.82, 2.24) is 14.9 Å². The fourth-order valence-electron chi connectivity index (χ4n) is 2.73. The summed E-state index contributed by atoms with van der Waals surface area (Å²) < 4.78 is 2.00. The number of halogens is 2. The molecule has 1 aliphatic rings. The summed E-state index contributed by atoms with van der Waals surface area (Å²) in [5, 5.41) is 3.63. The van der Waals surface area contributed by atoms with E-state index in [-0.39, 0.29) is 11.1 Å². The third-order valence-electron chi connectivity index (χ3n) is 3.94. The number of hydrogen-bond acceptors (Lipinski definition) is 5. The maximum absolute atomic E-state index is 11.7. The van der Waals surface area contributed by atoms with Crippen molar-refractivity contribution < 1.29 is 9.59 Å². The lowest BCUT2D eigenvalue weighted by Gasteiger charge is -2.08. The Morgan fingerprint density at radius 2 is 1.85 bits per heavy atom. The van der Waals surface area contributed by atoms with Crippen LogP contribution < -0.4 is 5.32 Å². The lowest BCUT2D eigenvalue weighted by atomic mass is 10.2. The maximum atomic E-state index is 11.7. The lowest BCUT2D eigenvalue weighted by Crippen LogP contribution is -2.17. The molecule has 0 aliphatic carbocycles. The van der Waals surface area contributed by atoms with E-state index >= 15 is 0 Å². The normalized spacial score (nSPS) is 15.7. The molecule has 5 nitrogen and oxygen atoms in total. The molecule has 1 N–H and O–H groups in total. The van der Waals surface area contributed by atoms with Gasteiger partial charge in [-0.05, 0) is 53.9 Å². The number of fused-ring (bicyclic) bond motifs is 1. The second kappa shape index (κ2) is 7.24. The molecule has 136 valence electrons. The first-order valence-electron chi connectivity index (χ1n) is 7.73. The summed E-state index contributed by atoms with van der Waals surface area (Å²) in [7, 11) is 0. The lowest BCUT2D eigenvalue weighted by molar-refractivity contribution is -0.115. The molecule has 0 radical (unpaired) electrons. The van der Waals surface area contributed by atoms with Crippen LogP contribution in [0.2, 0.25) is 10.0 Å². The van der Waals surface area contributed by atoms with Gasteiger partial charge in [0.05, 0.1) is 26.0 Å². The highest BCUT2D eigenvalue weighted by molar-refractivity contribution is 8.18. The van der Waals surface area contributed by atoms with Crippen molar-refractivity contribution in [3.63, 3.8) is 0 Å². The molecule has 0 spiro atoms. The van der Waals surface area contributed by atoms with E-state index in [9.17, 15) is 9.59 Å². The zero-order valence-electron chi connectivity index (χ0n) is 13.8. The third kappa shape index (κ3) is 3.48. The second-order valence-electron chi connectivity index (χ2n) is 5.63. The number of carbonyl (C=O) groups is 2. The summed E-state index contributed by atoms with van der Waals surface area (Å²) in [5.41, 5.74) is 3.35. The predicted molar refractivity (Wildman–Crippen MR) is 112 cm³/mol. The molecule has 3 aromatic rings. The molecule has 0 saturated carbocycles. The number of nitrogens with one attached hydrogen (secondary N) is 1. The van der Waals surface area contributed by atoms with Crippen LogP contribution >= 0.6 is 46.7 Å². The highest BCUT2D eigenvalue weighted by atomic mass is 35.5. The van der Waals surface area contributed by atoms with Gasteiger partial charge in [-0.15, -0.1) is 0 Å². The summed E-state index contributed by atoms with van der Waals surface area (Å²) >= 11 is 14.7. The molecule has 2 amide bonds. The van der Waals surface area contributed by atoms with Gasteiger partial charge >= 0.3 is 0 Å². The third-order valence-corrected chi connectivity index (χ3v) is 6.11. The van der Waals surface area contributed by atoms with Crippen LogP contribution in [0, 0.1) is 0 Å². The molecule has 1 aromatic heterocycles. The van der Waals surface area contributed by atoms with Crippen molar-refractivity contribution in [3.05, 3.63) is 56.9 Å². The van der Waals surface area contributed by atoms with E-state index in [4.69, 9.17) is 23.2 Å². The fourth-order valence-corrected chi connectivity index (χ4v) is 4.30. The largest absolute Gasteiger partial charge is 0.290 e. The van der Waals surface area contributed by atoms with E-state index in [0.29, 0.717) is 15.0 Å². The van der Waals surface area contributed by atoms with Crippen LogP contribution in [-0.2, 0) is 4.79 Å². The number of aromatic nitrogens is 2. The number of carbonyl (C=O) groups excluding carboxylic acids is 2. The van der Waals surface area contributed by atoms with Gasteiger partial charge in [-0.2, -0.15) is 0 Å². The molecule has 1 aliphatic heterocycles. The van der Waals surface area contributed by atoms with Gasteiger partial charge in [0, 0.05) is 5.69 Å². The van der Waals surface area contributed by atoms with E-state index in [2.05, 4.69) is 10.3 Å². The van der Waals surface area contributed by atoms with E-state index in [1.165, 1.54) is 11.8 Å². The Morgan fingerprint density at radius 1 is 1.15 bits per heavy atom. The Morgan fingerprint density at radius 3 is 2.48 bits per heavy atom. The molecule has 2 heterocycles. The van der Waals surface area contributed by atoms with E-state index in [1.54, 1.807) is 18.2 Å². The molecule has 0 atom stereocenters. The monoisotopic (exact) mass is 435 g/mol. The Balaban J connectivity index is 1.76. The predicted octanol–water partition coefficient (Wildman–Crippen LogP) is 5.38. The van der Waals surface area contributed by atoms with Gasteiger partial charge in [0.15, 0.2) is 5.16 Å². The average Bonchev–Trinajstić information content (AvgIpc) is 3.15. The Hall–Kier alpha value is -1.93. The Bertz CT molecular complexity index is 1120.